The van der Waals surface area contributed by atoms with Crippen LogP contribution in [0.25, 0.3) is 0 Å². The van der Waals surface area contributed by atoms with Crippen molar-refractivity contribution in [3.63, 3.8) is 0 Å². The second-order valence-electron chi connectivity index (χ2n) is 9.11. The molecular weight excluding hydrogens is 306 g/mol. The topological polar surface area (TPSA) is 9.23 Å². The van der Waals surface area contributed by atoms with Crippen LogP contribution in [0.2, 0.25) is 0 Å². The van der Waals surface area contributed by atoms with Crippen molar-refractivity contribution in [2.24, 2.45) is 11.3 Å². The smallest absolute Gasteiger partial charge is 0.248 e. The van der Waals surface area contributed by atoms with Gasteiger partial charge in [0.15, 0.2) is 0 Å². The van der Waals surface area contributed by atoms with Gasteiger partial charge in [0.25, 0.3) is 0 Å². The minimum Gasteiger partial charge on any atom is -0.493 e. The third-order valence-electron chi connectivity index (χ3n) is 6.28. The van der Waals surface area contributed by atoms with E-state index < -0.39 is 5.92 Å². The van der Waals surface area contributed by atoms with Crippen LogP contribution in [0.4, 0.5) is 8.78 Å². The number of benzene rings is 1. The van der Waals surface area contributed by atoms with Gasteiger partial charge in [0, 0.05) is 12.8 Å². The van der Waals surface area contributed by atoms with E-state index >= 15 is 0 Å². The molecule has 2 aliphatic rings. The quantitative estimate of drug-likeness (QED) is 0.627. The molecule has 0 unspecified atom stereocenters. The van der Waals surface area contributed by atoms with E-state index in [1.807, 2.05) is 0 Å². The van der Waals surface area contributed by atoms with Crippen LogP contribution in [0.3, 0.4) is 0 Å². The number of halogens is 2. The van der Waals surface area contributed by atoms with Gasteiger partial charge in [-0.05, 0) is 59.6 Å². The molecule has 0 N–H and O–H groups in total. The third-order valence-corrected chi connectivity index (χ3v) is 6.28. The van der Waals surface area contributed by atoms with Crippen LogP contribution < -0.4 is 4.74 Å². The highest BCUT2D eigenvalue weighted by Crippen LogP contribution is 2.53. The van der Waals surface area contributed by atoms with Crippen molar-refractivity contribution >= 4 is 0 Å². The molecule has 1 heterocycles. The summed E-state index contributed by atoms with van der Waals surface area (Å²) in [5.41, 5.74) is 2.68. The van der Waals surface area contributed by atoms with Gasteiger partial charge in [0.1, 0.15) is 5.75 Å². The Balaban J connectivity index is 1.65. The van der Waals surface area contributed by atoms with E-state index in [0.29, 0.717) is 0 Å². The van der Waals surface area contributed by atoms with E-state index in [9.17, 15) is 8.78 Å². The molecule has 0 amide bonds. The molecule has 0 saturated heterocycles. The molecule has 0 aromatic heterocycles. The van der Waals surface area contributed by atoms with Crippen LogP contribution >= 0.6 is 0 Å². The Morgan fingerprint density at radius 1 is 1.12 bits per heavy atom. The molecule has 1 fully saturated rings. The largest absolute Gasteiger partial charge is 0.493 e. The highest BCUT2D eigenvalue weighted by molar-refractivity contribution is 5.41. The van der Waals surface area contributed by atoms with Gasteiger partial charge in [-0.3, -0.25) is 0 Å². The van der Waals surface area contributed by atoms with Crippen LogP contribution in [-0.2, 0) is 11.8 Å². The van der Waals surface area contributed by atoms with Gasteiger partial charge in [-0.1, -0.05) is 39.8 Å². The molecule has 0 atom stereocenters. The number of hydrogen-bond donors (Lipinski definition) is 0. The van der Waals surface area contributed by atoms with E-state index in [4.69, 9.17) is 4.74 Å². The van der Waals surface area contributed by atoms with Gasteiger partial charge >= 0.3 is 0 Å². The Kier molecular flexibility index (Phi) is 4.42. The molecular formula is C21H30F2O. The van der Waals surface area contributed by atoms with Gasteiger partial charge < -0.3 is 4.74 Å². The normalized spacial score (nSPS) is 20.9. The maximum Gasteiger partial charge on any atom is 0.248 e. The van der Waals surface area contributed by atoms with Crippen molar-refractivity contribution in [3.8, 4) is 5.75 Å². The van der Waals surface area contributed by atoms with E-state index in [2.05, 4.69) is 45.9 Å². The van der Waals surface area contributed by atoms with Crippen molar-refractivity contribution in [2.45, 2.75) is 77.6 Å². The molecule has 0 radical (unpaired) electrons. The minimum absolute atomic E-state index is 0.0176. The lowest BCUT2D eigenvalue weighted by molar-refractivity contribution is -0.143. The second kappa shape index (κ2) is 6.00. The monoisotopic (exact) mass is 336 g/mol. The van der Waals surface area contributed by atoms with Crippen LogP contribution in [0.1, 0.15) is 70.9 Å². The molecule has 1 aliphatic heterocycles. The fourth-order valence-electron chi connectivity index (χ4n) is 3.98. The number of rotatable bonds is 5. The standard InChI is InChI=1S/C21H30F2O/c1-19(2,9-10-20(3,4)17-13-21(22,23)14-17)16-7-8-18-15(12-16)6-5-11-24-18/h7-8,12,17H,5-6,9-11,13-14H2,1-4H3. The zero-order valence-corrected chi connectivity index (χ0v) is 15.4. The van der Waals surface area contributed by atoms with Crippen LogP contribution in [0.5, 0.6) is 5.75 Å². The fourth-order valence-corrected chi connectivity index (χ4v) is 3.98. The van der Waals surface area contributed by atoms with Crippen LogP contribution in [0, 0.1) is 11.3 Å². The zero-order chi connectivity index (χ0) is 17.6. The molecule has 1 aliphatic carbocycles. The van der Waals surface area contributed by atoms with E-state index in [1.54, 1.807) is 0 Å². The number of alkyl halides is 2. The minimum atomic E-state index is -2.42. The van der Waals surface area contributed by atoms with Gasteiger partial charge in [-0.2, -0.15) is 0 Å². The maximum absolute atomic E-state index is 13.2. The molecule has 3 rings (SSSR count). The molecule has 1 saturated carbocycles. The summed E-state index contributed by atoms with van der Waals surface area (Å²) in [5, 5.41) is 0. The molecule has 0 spiro atoms. The van der Waals surface area contributed by atoms with Crippen LogP contribution in [0.15, 0.2) is 18.2 Å². The predicted molar refractivity (Wildman–Crippen MR) is 94.0 cm³/mol. The predicted octanol–water partition coefficient (Wildman–Crippen LogP) is 6.14. The zero-order valence-electron chi connectivity index (χ0n) is 15.4. The number of ether oxygens (including phenoxy) is 1. The fraction of sp³-hybridized carbons (Fsp3) is 0.714. The van der Waals surface area contributed by atoms with E-state index in [-0.39, 0.29) is 29.6 Å². The molecule has 24 heavy (non-hydrogen) atoms. The number of hydrogen-bond acceptors (Lipinski definition) is 1. The van der Waals surface area contributed by atoms with Crippen molar-refractivity contribution in [2.75, 3.05) is 6.61 Å². The number of aryl methyl sites for hydroxylation is 1. The lowest BCUT2D eigenvalue weighted by Gasteiger charge is -2.46. The van der Waals surface area contributed by atoms with Crippen LogP contribution in [-0.4, -0.2) is 12.5 Å². The van der Waals surface area contributed by atoms with E-state index in [0.717, 1.165) is 38.0 Å². The Labute approximate surface area is 144 Å². The molecule has 0 bridgehead atoms. The summed E-state index contributed by atoms with van der Waals surface area (Å²) in [6.07, 6.45) is 4.30. The van der Waals surface area contributed by atoms with E-state index in [1.165, 1.54) is 11.1 Å². The highest BCUT2D eigenvalue weighted by Gasteiger charge is 2.51. The Bertz CT molecular complexity index is 596. The lowest BCUT2D eigenvalue weighted by Crippen LogP contribution is -2.43. The molecule has 1 aromatic carbocycles. The SMILES string of the molecule is CC(C)(CCC(C)(C)C1CC(F)(F)C1)c1ccc2c(c1)CCCO2. The Morgan fingerprint density at radius 3 is 2.50 bits per heavy atom. The van der Waals surface area contributed by atoms with Crippen molar-refractivity contribution in [1.29, 1.82) is 0 Å². The van der Waals surface area contributed by atoms with Gasteiger partial charge in [0.05, 0.1) is 6.61 Å². The third kappa shape index (κ3) is 3.60. The summed E-state index contributed by atoms with van der Waals surface area (Å²) in [6, 6.07) is 6.57. The van der Waals surface area contributed by atoms with Gasteiger partial charge in [-0.25, -0.2) is 8.78 Å². The summed E-state index contributed by atoms with van der Waals surface area (Å²) < 4.78 is 32.1. The summed E-state index contributed by atoms with van der Waals surface area (Å²) in [5.74, 6) is -1.24. The molecule has 134 valence electrons. The van der Waals surface area contributed by atoms with Gasteiger partial charge in [0.2, 0.25) is 5.92 Å². The molecule has 3 heteroatoms. The maximum atomic E-state index is 13.2. The first kappa shape index (κ1) is 17.7. The first-order valence-corrected chi connectivity index (χ1v) is 9.23. The molecule has 1 nitrogen and oxygen atoms in total. The van der Waals surface area contributed by atoms with Crippen molar-refractivity contribution in [3.05, 3.63) is 29.3 Å². The first-order chi connectivity index (χ1) is 11.1. The second-order valence-corrected chi connectivity index (χ2v) is 9.11. The average Bonchev–Trinajstić information content (AvgIpc) is 2.50. The summed E-state index contributed by atoms with van der Waals surface area (Å²) in [7, 11) is 0. The average molecular weight is 336 g/mol. The first-order valence-electron chi connectivity index (χ1n) is 9.23. The van der Waals surface area contributed by atoms with Crippen molar-refractivity contribution in [1.82, 2.24) is 0 Å². The lowest BCUT2D eigenvalue weighted by atomic mass is 9.62. The summed E-state index contributed by atoms with van der Waals surface area (Å²) >= 11 is 0. The van der Waals surface area contributed by atoms with Gasteiger partial charge in [-0.15, -0.1) is 0 Å². The summed E-state index contributed by atoms with van der Waals surface area (Å²) in [6.45, 7) is 9.66. The molecule has 1 aromatic rings. The van der Waals surface area contributed by atoms with Crippen molar-refractivity contribution < 1.29 is 13.5 Å². The highest BCUT2D eigenvalue weighted by atomic mass is 19.3. The Hall–Kier alpha value is -1.12. The number of fused-ring (bicyclic) bond motifs is 1. The summed E-state index contributed by atoms with van der Waals surface area (Å²) in [4.78, 5) is 0. The Morgan fingerprint density at radius 2 is 1.83 bits per heavy atom.